The lowest BCUT2D eigenvalue weighted by Gasteiger charge is -2.34. The average molecular weight is 492 g/mol. The van der Waals surface area contributed by atoms with Crippen LogP contribution in [0.5, 0.6) is 0 Å². The largest absolute Gasteiger partial charge is 0.416 e. The van der Waals surface area contributed by atoms with Crippen LogP contribution < -0.4 is 20.4 Å². The van der Waals surface area contributed by atoms with Gasteiger partial charge in [0.2, 0.25) is 5.91 Å². The summed E-state index contributed by atoms with van der Waals surface area (Å²) in [4.78, 5) is 33.7. The van der Waals surface area contributed by atoms with Gasteiger partial charge in [0.15, 0.2) is 0 Å². The summed E-state index contributed by atoms with van der Waals surface area (Å²) in [6.45, 7) is 2.22. The van der Waals surface area contributed by atoms with Crippen LogP contribution in [-0.4, -0.2) is 55.8 Å². The maximum absolute atomic E-state index is 13.0. The maximum atomic E-state index is 13.0. The monoisotopic (exact) mass is 491 g/mol. The van der Waals surface area contributed by atoms with Crippen LogP contribution in [-0.2, 0) is 15.7 Å². The first-order valence-corrected chi connectivity index (χ1v) is 11.5. The molecule has 1 aromatic carbocycles. The van der Waals surface area contributed by atoms with Crippen LogP contribution in [0.4, 0.5) is 35.2 Å². The summed E-state index contributed by atoms with van der Waals surface area (Å²) >= 11 is 0. The molecule has 8 nitrogen and oxygen atoms in total. The van der Waals surface area contributed by atoms with Crippen molar-refractivity contribution < 1.29 is 27.5 Å². The number of amides is 3. The second-order valence-electron chi connectivity index (χ2n) is 8.65. The van der Waals surface area contributed by atoms with Crippen LogP contribution >= 0.6 is 0 Å². The van der Waals surface area contributed by atoms with Gasteiger partial charge < -0.3 is 25.2 Å². The number of piperidine rings is 2. The van der Waals surface area contributed by atoms with Crippen LogP contribution in [0.25, 0.3) is 0 Å². The number of halogens is 3. The van der Waals surface area contributed by atoms with E-state index < -0.39 is 23.8 Å². The molecule has 1 unspecified atom stereocenters. The molecule has 0 saturated carbocycles. The van der Waals surface area contributed by atoms with Crippen molar-refractivity contribution in [2.45, 2.75) is 44.0 Å². The number of hydrogen-bond donors (Lipinski definition) is 2. The number of urea groups is 1. The fraction of sp³-hybridized carbons (Fsp3) is 0.458. The van der Waals surface area contributed by atoms with E-state index in [1.807, 2.05) is 12.1 Å². The summed E-state index contributed by atoms with van der Waals surface area (Å²) < 4.78 is 43.5. The van der Waals surface area contributed by atoms with Gasteiger partial charge in [0.1, 0.15) is 11.9 Å². The predicted molar refractivity (Wildman–Crippen MR) is 125 cm³/mol. The number of hydrogen-bond acceptors (Lipinski definition) is 5. The lowest BCUT2D eigenvalue weighted by atomic mass is 10.0. The second kappa shape index (κ2) is 10.5. The van der Waals surface area contributed by atoms with Gasteiger partial charge >= 0.3 is 12.2 Å². The van der Waals surface area contributed by atoms with Crippen molar-refractivity contribution >= 4 is 29.1 Å². The van der Waals surface area contributed by atoms with Crippen LogP contribution in [0.3, 0.4) is 0 Å². The Morgan fingerprint density at radius 3 is 2.37 bits per heavy atom. The topological polar surface area (TPSA) is 86.8 Å². The molecular formula is C24H28F3N5O3. The van der Waals surface area contributed by atoms with E-state index in [2.05, 4.69) is 20.5 Å². The van der Waals surface area contributed by atoms with Crippen molar-refractivity contribution in [3.05, 3.63) is 48.2 Å². The minimum atomic E-state index is -4.45. The molecular weight excluding hydrogens is 463 g/mol. The van der Waals surface area contributed by atoms with Crippen molar-refractivity contribution in [2.24, 2.45) is 0 Å². The van der Waals surface area contributed by atoms with Gasteiger partial charge in [0.25, 0.3) is 0 Å². The van der Waals surface area contributed by atoms with E-state index in [0.717, 1.165) is 43.9 Å². The highest BCUT2D eigenvalue weighted by molar-refractivity contribution is 6.01. The van der Waals surface area contributed by atoms with Gasteiger partial charge in [0, 0.05) is 32.4 Å². The van der Waals surface area contributed by atoms with E-state index in [1.54, 1.807) is 18.2 Å². The number of anilines is 3. The van der Waals surface area contributed by atoms with Crippen LogP contribution in [0.15, 0.2) is 42.6 Å². The Hall–Kier alpha value is -3.34. The Balaban J connectivity index is 1.34. The Morgan fingerprint density at radius 1 is 1.06 bits per heavy atom. The zero-order valence-corrected chi connectivity index (χ0v) is 19.3. The molecule has 1 atom stereocenters. The summed E-state index contributed by atoms with van der Waals surface area (Å²) in [6, 6.07) is 6.46. The minimum Gasteiger partial charge on any atom is -0.381 e. The normalized spacial score (nSPS) is 19.5. The first-order chi connectivity index (χ1) is 16.7. The molecule has 4 rings (SSSR count). The highest BCUT2D eigenvalue weighted by Crippen LogP contribution is 2.30. The molecule has 3 heterocycles. The Morgan fingerprint density at radius 2 is 1.77 bits per heavy atom. The number of rotatable bonds is 5. The van der Waals surface area contributed by atoms with Crippen LogP contribution in [0.1, 0.15) is 31.2 Å². The lowest BCUT2D eigenvalue weighted by molar-refractivity contribution is -0.137. The van der Waals surface area contributed by atoms with E-state index in [1.165, 1.54) is 12.1 Å². The third kappa shape index (κ3) is 6.02. The smallest absolute Gasteiger partial charge is 0.381 e. The lowest BCUT2D eigenvalue weighted by Crippen LogP contribution is -2.53. The number of ether oxygens (including phenoxy) is 1. The molecule has 2 saturated heterocycles. The molecule has 1 aromatic heterocycles. The van der Waals surface area contributed by atoms with Crippen LogP contribution in [0, 0.1) is 0 Å². The number of carbonyl (C=O) groups excluding carboxylic acids is 2. The first kappa shape index (κ1) is 24.8. The Bertz CT molecular complexity index is 1020. The van der Waals surface area contributed by atoms with Gasteiger partial charge in [0.05, 0.1) is 23.6 Å². The van der Waals surface area contributed by atoms with Crippen molar-refractivity contribution in [1.29, 1.82) is 0 Å². The standard InChI is InChI=1S/C24H28F3N5O3/c1-35-19-10-13-31(14-11-19)21-9-8-18(15-28-21)32-12-2-3-20(22(32)33)30-23(34)29-17-6-4-16(5-7-17)24(25,26)27/h4-9,15,19-20H,2-3,10-14H2,1H3,(H2,29,30,34). The number of nitrogens with one attached hydrogen (secondary N) is 2. The third-order valence-electron chi connectivity index (χ3n) is 6.36. The number of methoxy groups -OCH3 is 1. The molecule has 0 aliphatic carbocycles. The minimum absolute atomic E-state index is 0.199. The SMILES string of the molecule is COC1CCN(c2ccc(N3CCCC(NC(=O)Nc4ccc(C(F)(F)F)cc4)C3=O)cn2)CC1. The van der Waals surface area contributed by atoms with Crippen molar-refractivity contribution in [3.8, 4) is 0 Å². The molecule has 3 amide bonds. The summed E-state index contributed by atoms with van der Waals surface area (Å²) in [5.41, 5.74) is 0.0470. The molecule has 0 bridgehead atoms. The number of alkyl halides is 3. The van der Waals surface area contributed by atoms with Crippen LogP contribution in [0.2, 0.25) is 0 Å². The fourth-order valence-corrected chi connectivity index (χ4v) is 4.38. The zero-order chi connectivity index (χ0) is 25.0. The molecule has 0 spiro atoms. The highest BCUT2D eigenvalue weighted by Gasteiger charge is 2.32. The maximum Gasteiger partial charge on any atom is 0.416 e. The molecule has 0 radical (unpaired) electrons. The van der Waals surface area contributed by atoms with Gasteiger partial charge in [-0.2, -0.15) is 13.2 Å². The van der Waals surface area contributed by atoms with Gasteiger partial charge in [-0.15, -0.1) is 0 Å². The molecule has 2 aliphatic rings. The summed E-state index contributed by atoms with van der Waals surface area (Å²) in [7, 11) is 1.73. The first-order valence-electron chi connectivity index (χ1n) is 11.5. The molecule has 188 valence electrons. The average Bonchev–Trinajstić information content (AvgIpc) is 2.85. The molecule has 2 aromatic rings. The van der Waals surface area contributed by atoms with Gasteiger partial charge in [-0.1, -0.05) is 0 Å². The third-order valence-corrected chi connectivity index (χ3v) is 6.36. The number of pyridine rings is 1. The molecule has 2 N–H and O–H groups in total. The summed E-state index contributed by atoms with van der Waals surface area (Å²) in [5, 5.41) is 5.11. The van der Waals surface area contributed by atoms with E-state index in [0.29, 0.717) is 25.1 Å². The van der Waals surface area contributed by atoms with Gasteiger partial charge in [-0.25, -0.2) is 9.78 Å². The fourth-order valence-electron chi connectivity index (χ4n) is 4.38. The molecule has 2 fully saturated rings. The van der Waals surface area contributed by atoms with E-state index >= 15 is 0 Å². The summed E-state index contributed by atoms with van der Waals surface area (Å²) in [6.07, 6.45) is 0.516. The number of aromatic nitrogens is 1. The van der Waals surface area contributed by atoms with E-state index in [9.17, 15) is 22.8 Å². The molecule has 11 heteroatoms. The quantitative estimate of drug-likeness (QED) is 0.660. The second-order valence-corrected chi connectivity index (χ2v) is 8.65. The van der Waals surface area contributed by atoms with Gasteiger partial charge in [-0.3, -0.25) is 4.79 Å². The molecule has 35 heavy (non-hydrogen) atoms. The zero-order valence-electron chi connectivity index (χ0n) is 19.3. The van der Waals surface area contributed by atoms with E-state index in [-0.39, 0.29) is 17.7 Å². The Labute approximate surface area is 201 Å². The number of benzene rings is 1. The van der Waals surface area contributed by atoms with Crippen molar-refractivity contribution in [3.63, 3.8) is 0 Å². The predicted octanol–water partition coefficient (Wildman–Crippen LogP) is 4.03. The highest BCUT2D eigenvalue weighted by atomic mass is 19.4. The van der Waals surface area contributed by atoms with Gasteiger partial charge in [-0.05, 0) is 62.1 Å². The number of nitrogens with zero attached hydrogens (tertiary/aromatic N) is 3. The Kier molecular flexibility index (Phi) is 7.44. The van der Waals surface area contributed by atoms with Crippen molar-refractivity contribution in [1.82, 2.24) is 10.3 Å². The molecule has 2 aliphatic heterocycles. The van der Waals surface area contributed by atoms with E-state index in [4.69, 9.17) is 4.74 Å². The number of carbonyl (C=O) groups is 2. The summed E-state index contributed by atoms with van der Waals surface area (Å²) in [5.74, 6) is 0.590. The van der Waals surface area contributed by atoms with Crippen molar-refractivity contribution in [2.75, 3.05) is 41.9 Å².